The number of hydrogen-bond donors (Lipinski definition) is 7. The molecule has 9 heteroatoms. The molecule has 4 atom stereocenters. The molecule has 0 aliphatic rings. The smallest absolute Gasteiger partial charge is 0.330 e. The van der Waals surface area contributed by atoms with Gasteiger partial charge in [0.15, 0.2) is 0 Å². The molecule has 0 aromatic heterocycles. The highest BCUT2D eigenvalue weighted by atomic mass is 16.5. The van der Waals surface area contributed by atoms with Gasteiger partial charge < -0.3 is 40.5 Å². The van der Waals surface area contributed by atoms with Crippen molar-refractivity contribution < 1.29 is 45.3 Å². The summed E-state index contributed by atoms with van der Waals surface area (Å²) >= 11 is 0. The van der Waals surface area contributed by atoms with E-state index in [-0.39, 0.29) is 31.5 Å². The van der Waals surface area contributed by atoms with Crippen LogP contribution >= 0.6 is 0 Å². The van der Waals surface area contributed by atoms with E-state index in [1.165, 1.54) is 20.8 Å². The van der Waals surface area contributed by atoms with Crippen LogP contribution in [0.4, 0.5) is 0 Å². The molecule has 4 unspecified atom stereocenters. The molecule has 154 valence electrons. The third-order valence-corrected chi connectivity index (χ3v) is 1.77. The van der Waals surface area contributed by atoms with Crippen molar-refractivity contribution in [3.8, 4) is 0 Å². The number of rotatable bonds is 7. The first kappa shape index (κ1) is 31.7. The zero-order valence-corrected chi connectivity index (χ0v) is 15.8. The third kappa shape index (κ3) is 51.8. The summed E-state index contributed by atoms with van der Waals surface area (Å²) in [6, 6.07) is 0. The summed E-state index contributed by atoms with van der Waals surface area (Å²) < 4.78 is 4.95. The number of carboxylic acids is 1. The molecule has 9 nitrogen and oxygen atoms in total. The Kier molecular flexibility index (Phi) is 29.1. The Bertz CT molecular complexity index is 271. The van der Waals surface area contributed by atoms with Crippen LogP contribution in [-0.4, -0.2) is 92.6 Å². The molecule has 7 N–H and O–H groups in total. The Labute approximate surface area is 149 Å². The minimum atomic E-state index is -0.935. The second kappa shape index (κ2) is 22.9. The van der Waals surface area contributed by atoms with E-state index in [0.717, 1.165) is 0 Å². The predicted octanol–water partition coefficient (Wildman–Crippen LogP) is -0.869. The van der Waals surface area contributed by atoms with E-state index in [9.17, 15) is 4.79 Å². The van der Waals surface area contributed by atoms with Crippen LogP contribution in [0.15, 0.2) is 12.2 Å². The van der Waals surface area contributed by atoms with Gasteiger partial charge in [0.1, 0.15) is 0 Å². The average Bonchev–Trinajstić information content (AvgIpc) is 2.53. The van der Waals surface area contributed by atoms with Gasteiger partial charge in [-0.15, -0.1) is 0 Å². The molecular formula is C16H36O9. The molecule has 0 spiro atoms. The number of carboxylic acid groups (broad SMARTS) is 1. The second-order valence-corrected chi connectivity index (χ2v) is 5.32. The van der Waals surface area contributed by atoms with E-state index in [1.54, 1.807) is 13.8 Å². The highest BCUT2D eigenvalue weighted by Crippen LogP contribution is 1.90. The Hall–Kier alpha value is -1.07. The first-order valence-electron chi connectivity index (χ1n) is 7.72. The second-order valence-electron chi connectivity index (χ2n) is 5.32. The largest absolute Gasteiger partial charge is 0.478 e. The molecule has 0 heterocycles. The van der Waals surface area contributed by atoms with Crippen LogP contribution in [0, 0.1) is 0 Å². The van der Waals surface area contributed by atoms with Crippen LogP contribution in [0.2, 0.25) is 0 Å². The summed E-state index contributed by atoms with van der Waals surface area (Å²) in [6.45, 7) is 11.1. The number of aliphatic carboxylic acids is 1. The van der Waals surface area contributed by atoms with Gasteiger partial charge in [0, 0.05) is 5.57 Å². The molecule has 0 aliphatic carbocycles. The minimum absolute atomic E-state index is 0.00667. The van der Waals surface area contributed by atoms with Gasteiger partial charge in [-0.05, 0) is 34.6 Å². The van der Waals surface area contributed by atoms with Crippen molar-refractivity contribution in [1.29, 1.82) is 0 Å². The summed E-state index contributed by atoms with van der Waals surface area (Å²) in [7, 11) is 0. The number of aliphatic hydroxyl groups is 6. The molecule has 25 heavy (non-hydrogen) atoms. The fraction of sp³-hybridized carbons (Fsp3) is 0.812. The van der Waals surface area contributed by atoms with Crippen LogP contribution < -0.4 is 0 Å². The highest BCUT2D eigenvalue weighted by Gasteiger charge is 2.00. The zero-order valence-electron chi connectivity index (χ0n) is 15.8. The highest BCUT2D eigenvalue weighted by molar-refractivity contribution is 5.84. The van der Waals surface area contributed by atoms with E-state index in [0.29, 0.717) is 6.61 Å². The van der Waals surface area contributed by atoms with E-state index in [2.05, 4.69) is 6.58 Å². The SMILES string of the molecule is C=C(C)C(=O)O.CC(O)CO.CC(O)CO.CC(O)COC(C)CO. The topological polar surface area (TPSA) is 168 Å². The van der Waals surface area contributed by atoms with E-state index in [1.807, 2.05) is 0 Å². The van der Waals surface area contributed by atoms with Crippen molar-refractivity contribution >= 4 is 5.97 Å². The number of hydrogen-bond acceptors (Lipinski definition) is 8. The standard InChI is InChI=1S/C6H14O3.C4H6O2.2C3H8O2/c1-5(8)4-9-6(2)3-7;1-3(2)4(5)6;2*1-3(5)2-4/h5-8H,3-4H2,1-2H3;1H2,2H3,(H,5,6);2*3-5H,2H2,1H3. The predicted molar refractivity (Wildman–Crippen MR) is 94.2 cm³/mol. The molecule has 0 saturated heterocycles. The molecule has 0 aromatic carbocycles. The van der Waals surface area contributed by atoms with Gasteiger partial charge in [0.05, 0.1) is 50.8 Å². The lowest BCUT2D eigenvalue weighted by molar-refractivity contribution is -0.132. The maximum Gasteiger partial charge on any atom is 0.330 e. The third-order valence-electron chi connectivity index (χ3n) is 1.77. The summed E-state index contributed by atoms with van der Waals surface area (Å²) in [5, 5.41) is 57.0. The Morgan fingerprint density at radius 3 is 1.28 bits per heavy atom. The summed E-state index contributed by atoms with van der Waals surface area (Å²) in [5.74, 6) is -0.935. The molecule has 0 aromatic rings. The lowest BCUT2D eigenvalue weighted by atomic mass is 10.4. The van der Waals surface area contributed by atoms with Gasteiger partial charge in [0.2, 0.25) is 0 Å². The van der Waals surface area contributed by atoms with Crippen molar-refractivity contribution in [2.75, 3.05) is 26.4 Å². The number of ether oxygens (including phenoxy) is 1. The van der Waals surface area contributed by atoms with Crippen molar-refractivity contribution in [3.05, 3.63) is 12.2 Å². The van der Waals surface area contributed by atoms with Crippen LogP contribution in [0.25, 0.3) is 0 Å². The maximum absolute atomic E-state index is 9.60. The fourth-order valence-electron chi connectivity index (χ4n) is 0.356. The monoisotopic (exact) mass is 372 g/mol. The zero-order chi connectivity index (χ0) is 21.0. The molecule has 0 aliphatic heterocycles. The molecule has 0 rings (SSSR count). The summed E-state index contributed by atoms with van der Waals surface area (Å²) in [5.41, 5.74) is 0.176. The quantitative estimate of drug-likeness (QED) is 0.281. The fourth-order valence-corrected chi connectivity index (χ4v) is 0.356. The van der Waals surface area contributed by atoms with Crippen LogP contribution in [0.3, 0.4) is 0 Å². The van der Waals surface area contributed by atoms with Gasteiger partial charge in [-0.3, -0.25) is 0 Å². The van der Waals surface area contributed by atoms with Crippen LogP contribution in [-0.2, 0) is 9.53 Å². The number of carbonyl (C=O) groups is 1. The normalized spacial score (nSPS) is 14.0. The molecule has 0 radical (unpaired) electrons. The Morgan fingerprint density at radius 1 is 0.880 bits per heavy atom. The van der Waals surface area contributed by atoms with E-state index in [4.69, 9.17) is 40.5 Å². The van der Waals surface area contributed by atoms with Gasteiger partial charge >= 0.3 is 5.97 Å². The molecular weight excluding hydrogens is 336 g/mol. The van der Waals surface area contributed by atoms with Gasteiger partial charge in [0.25, 0.3) is 0 Å². The lowest BCUT2D eigenvalue weighted by Crippen LogP contribution is -2.19. The van der Waals surface area contributed by atoms with Gasteiger partial charge in [-0.2, -0.15) is 0 Å². The van der Waals surface area contributed by atoms with E-state index < -0.39 is 24.3 Å². The van der Waals surface area contributed by atoms with E-state index >= 15 is 0 Å². The first-order valence-corrected chi connectivity index (χ1v) is 7.72. The summed E-state index contributed by atoms with van der Waals surface area (Å²) in [6.07, 6.45) is -1.73. The minimum Gasteiger partial charge on any atom is -0.478 e. The maximum atomic E-state index is 9.60. The summed E-state index contributed by atoms with van der Waals surface area (Å²) in [4.78, 5) is 9.60. The van der Waals surface area contributed by atoms with Gasteiger partial charge in [-0.1, -0.05) is 6.58 Å². The molecule has 0 amide bonds. The number of aliphatic hydroxyl groups excluding tert-OH is 6. The van der Waals surface area contributed by atoms with Crippen molar-refractivity contribution in [2.24, 2.45) is 0 Å². The van der Waals surface area contributed by atoms with Crippen molar-refractivity contribution in [1.82, 2.24) is 0 Å². The average molecular weight is 372 g/mol. The van der Waals surface area contributed by atoms with Gasteiger partial charge in [-0.25, -0.2) is 4.79 Å². The molecule has 0 fully saturated rings. The van der Waals surface area contributed by atoms with Crippen molar-refractivity contribution in [3.63, 3.8) is 0 Å². The first-order chi connectivity index (χ1) is 11.3. The van der Waals surface area contributed by atoms with Crippen molar-refractivity contribution in [2.45, 2.75) is 59.0 Å². The lowest BCUT2D eigenvalue weighted by Gasteiger charge is -2.10. The van der Waals surface area contributed by atoms with Crippen LogP contribution in [0.5, 0.6) is 0 Å². The van der Waals surface area contributed by atoms with Crippen LogP contribution in [0.1, 0.15) is 34.6 Å². The Morgan fingerprint density at radius 2 is 1.16 bits per heavy atom. The molecule has 0 saturated carbocycles. The Balaban J connectivity index is -0.000000122. The molecule has 0 bridgehead atoms.